The number of carbonyl (C=O) groups is 4. The molecule has 2 N–H and O–H groups in total. The molecule has 21 heavy (non-hydrogen) atoms. The molecule has 0 spiro atoms. The van der Waals surface area contributed by atoms with Crippen molar-refractivity contribution < 1.29 is 29.0 Å². The number of ketones is 1. The largest absolute Gasteiger partial charge is 0.474 e. The molecule has 0 saturated carbocycles. The third-order valence-corrected chi connectivity index (χ3v) is 3.05. The van der Waals surface area contributed by atoms with Crippen molar-refractivity contribution in [3.63, 3.8) is 0 Å². The first-order valence-corrected chi connectivity index (χ1v) is 6.84. The van der Waals surface area contributed by atoms with Gasteiger partial charge in [-0.15, -0.1) is 0 Å². The summed E-state index contributed by atoms with van der Waals surface area (Å²) in [5.41, 5.74) is 0. The highest BCUT2D eigenvalue weighted by molar-refractivity contribution is 6.35. The quantitative estimate of drug-likeness (QED) is 0.353. The number of carboxylic acids is 1. The number of ether oxygens (including phenoxy) is 1. The molecule has 1 aliphatic rings. The monoisotopic (exact) mass is 300 g/mol. The van der Waals surface area contributed by atoms with Crippen LogP contribution in [0.1, 0.15) is 33.1 Å². The second-order valence-corrected chi connectivity index (χ2v) is 4.86. The number of carboxylic acid groups (broad SMARTS) is 1. The van der Waals surface area contributed by atoms with E-state index in [1.807, 2.05) is 6.92 Å². The van der Waals surface area contributed by atoms with Gasteiger partial charge in [-0.3, -0.25) is 14.4 Å². The zero-order valence-corrected chi connectivity index (χ0v) is 12.1. The Bertz CT molecular complexity index is 436. The lowest BCUT2D eigenvalue weighted by molar-refractivity contribution is -0.194. The molecule has 1 aliphatic heterocycles. The molecule has 0 radical (unpaired) electrons. The zero-order valence-electron chi connectivity index (χ0n) is 12.1. The first-order chi connectivity index (χ1) is 9.90. The molecule has 8 heteroatoms. The smallest absolute Gasteiger partial charge is 0.395 e. The number of β-lactam (4-membered cyclic amide) rings is 1. The number of rotatable bonds is 8. The van der Waals surface area contributed by atoms with Gasteiger partial charge in [0.05, 0.1) is 0 Å². The summed E-state index contributed by atoms with van der Waals surface area (Å²) in [5.74, 6) is -4.00. The zero-order chi connectivity index (χ0) is 16.0. The first kappa shape index (κ1) is 17.3. The van der Waals surface area contributed by atoms with Gasteiger partial charge in [0.2, 0.25) is 0 Å². The summed E-state index contributed by atoms with van der Waals surface area (Å²) in [6.07, 6.45) is 1.82. The van der Waals surface area contributed by atoms with Crippen LogP contribution in [-0.4, -0.2) is 59.0 Å². The van der Waals surface area contributed by atoms with Crippen molar-refractivity contribution in [2.75, 3.05) is 13.2 Å². The average Bonchev–Trinajstić information content (AvgIpc) is 2.42. The number of aliphatic carboxylic acids is 1. The third kappa shape index (κ3) is 4.33. The van der Waals surface area contributed by atoms with Gasteiger partial charge >= 0.3 is 11.9 Å². The Morgan fingerprint density at radius 3 is 2.52 bits per heavy atom. The fourth-order valence-corrected chi connectivity index (χ4v) is 1.98. The van der Waals surface area contributed by atoms with Crippen molar-refractivity contribution in [3.8, 4) is 0 Å². The Hall–Kier alpha value is -1.80. The number of unbranched alkanes of at least 4 members (excludes halogenated alkanes) is 2. The third-order valence-electron chi connectivity index (χ3n) is 3.05. The van der Waals surface area contributed by atoms with Crippen LogP contribution in [0.3, 0.4) is 0 Å². The lowest BCUT2D eigenvalue weighted by Crippen LogP contribution is -2.73. The van der Waals surface area contributed by atoms with Crippen molar-refractivity contribution in [1.29, 1.82) is 0 Å². The van der Waals surface area contributed by atoms with Crippen LogP contribution in [0.5, 0.6) is 0 Å². The van der Waals surface area contributed by atoms with Gasteiger partial charge in [-0.1, -0.05) is 19.8 Å². The predicted octanol–water partition coefficient (Wildman–Crippen LogP) is -0.480. The lowest BCUT2D eigenvalue weighted by Gasteiger charge is -2.44. The number of nitrogens with one attached hydrogen (secondary N) is 1. The van der Waals surface area contributed by atoms with E-state index in [-0.39, 0.29) is 12.4 Å². The second-order valence-electron chi connectivity index (χ2n) is 4.86. The van der Waals surface area contributed by atoms with E-state index in [1.54, 1.807) is 0 Å². The highest BCUT2D eigenvalue weighted by Crippen LogP contribution is 2.22. The molecule has 0 bridgehead atoms. The second kappa shape index (κ2) is 7.84. The van der Waals surface area contributed by atoms with E-state index in [1.165, 1.54) is 6.92 Å². The molecule has 0 aromatic heterocycles. The van der Waals surface area contributed by atoms with Crippen LogP contribution in [0.15, 0.2) is 0 Å². The number of nitrogens with zero attached hydrogens (tertiary/aromatic N) is 1. The maximum Gasteiger partial charge on any atom is 0.395 e. The fourth-order valence-electron chi connectivity index (χ4n) is 1.98. The fraction of sp³-hybridized carbons (Fsp3) is 0.692. The Morgan fingerprint density at radius 1 is 1.33 bits per heavy atom. The summed E-state index contributed by atoms with van der Waals surface area (Å²) < 4.78 is 5.17. The molecular formula is C13H20N2O6. The Labute approximate surface area is 122 Å². The van der Waals surface area contributed by atoms with Crippen molar-refractivity contribution in [3.05, 3.63) is 0 Å². The summed E-state index contributed by atoms with van der Waals surface area (Å²) in [7, 11) is 0. The molecule has 8 nitrogen and oxygen atoms in total. The molecule has 0 aromatic rings. The number of hydrogen-bond donors (Lipinski definition) is 2. The van der Waals surface area contributed by atoms with E-state index < -0.39 is 30.1 Å². The van der Waals surface area contributed by atoms with Crippen LogP contribution < -0.4 is 5.32 Å². The maximum absolute atomic E-state index is 11.8. The van der Waals surface area contributed by atoms with Gasteiger partial charge in [0.25, 0.3) is 5.91 Å². The Balaban J connectivity index is 2.64. The molecule has 1 fully saturated rings. The molecule has 118 valence electrons. The molecule has 1 saturated heterocycles. The standard InChI is InChI=1S/C13H20N2O6/c1-3-4-5-6-14-9-10(17)15(11(18)13(19)20)12(9)21-7-8(2)16/h9,12,14H,3-7H2,1-2H3,(H,19,20)/t9-,12?/m1/s1. The molecule has 1 unspecified atom stereocenters. The SMILES string of the molecule is CCCCCN[C@@H]1C(=O)N(C(=O)C(=O)O)C1OCC(C)=O. The van der Waals surface area contributed by atoms with Gasteiger partial charge in [0.15, 0.2) is 12.0 Å². The van der Waals surface area contributed by atoms with Crippen molar-refractivity contribution in [2.45, 2.75) is 45.4 Å². The van der Waals surface area contributed by atoms with Crippen LogP contribution in [0.4, 0.5) is 0 Å². The number of imide groups is 1. The Kier molecular flexibility index (Phi) is 6.44. The van der Waals surface area contributed by atoms with E-state index in [0.717, 1.165) is 19.3 Å². The van der Waals surface area contributed by atoms with E-state index in [2.05, 4.69) is 5.32 Å². The summed E-state index contributed by atoms with van der Waals surface area (Å²) in [5, 5.41) is 11.6. The van der Waals surface area contributed by atoms with Gasteiger partial charge in [-0.25, -0.2) is 9.69 Å². The minimum absolute atomic E-state index is 0.276. The van der Waals surface area contributed by atoms with Crippen LogP contribution >= 0.6 is 0 Å². The van der Waals surface area contributed by atoms with Crippen molar-refractivity contribution in [2.24, 2.45) is 0 Å². The van der Waals surface area contributed by atoms with Crippen molar-refractivity contribution in [1.82, 2.24) is 10.2 Å². The Morgan fingerprint density at radius 2 is 2.00 bits per heavy atom. The maximum atomic E-state index is 11.8. The molecule has 0 aromatic carbocycles. The van der Waals surface area contributed by atoms with Crippen LogP contribution in [-0.2, 0) is 23.9 Å². The summed E-state index contributed by atoms with van der Waals surface area (Å²) in [6, 6.07) is -0.787. The van der Waals surface area contributed by atoms with Gasteiger partial charge in [-0.2, -0.15) is 0 Å². The lowest BCUT2D eigenvalue weighted by atomic mass is 10.0. The topological polar surface area (TPSA) is 113 Å². The number of Topliss-reactive ketones (excluding diaryl/α,β-unsaturated/α-hetero) is 1. The van der Waals surface area contributed by atoms with Crippen LogP contribution in [0.25, 0.3) is 0 Å². The van der Waals surface area contributed by atoms with Crippen LogP contribution in [0.2, 0.25) is 0 Å². The molecule has 1 rings (SSSR count). The highest BCUT2D eigenvalue weighted by atomic mass is 16.5. The van der Waals surface area contributed by atoms with Gasteiger partial charge in [0, 0.05) is 0 Å². The number of hydrogen-bond acceptors (Lipinski definition) is 6. The summed E-state index contributed by atoms with van der Waals surface area (Å²) in [4.78, 5) is 45.4. The molecule has 2 atom stereocenters. The van der Waals surface area contributed by atoms with Gasteiger partial charge in [-0.05, 0) is 19.9 Å². The number of likely N-dealkylation sites (tertiary alicyclic amines) is 1. The van der Waals surface area contributed by atoms with E-state index in [4.69, 9.17) is 9.84 Å². The first-order valence-electron chi connectivity index (χ1n) is 6.84. The molecule has 0 aliphatic carbocycles. The molecular weight excluding hydrogens is 280 g/mol. The molecule has 2 amide bonds. The minimum Gasteiger partial charge on any atom is -0.474 e. The number of amides is 2. The minimum atomic E-state index is -1.73. The van der Waals surface area contributed by atoms with E-state index >= 15 is 0 Å². The molecule has 1 heterocycles. The normalized spacial score (nSPS) is 21.0. The van der Waals surface area contributed by atoms with Gasteiger partial charge in [0.1, 0.15) is 12.6 Å². The average molecular weight is 300 g/mol. The van der Waals surface area contributed by atoms with Gasteiger partial charge < -0.3 is 15.2 Å². The van der Waals surface area contributed by atoms with E-state index in [9.17, 15) is 19.2 Å². The summed E-state index contributed by atoms with van der Waals surface area (Å²) >= 11 is 0. The number of carbonyl (C=O) groups excluding carboxylic acids is 3. The van der Waals surface area contributed by atoms with E-state index in [0.29, 0.717) is 11.4 Å². The highest BCUT2D eigenvalue weighted by Gasteiger charge is 2.53. The van der Waals surface area contributed by atoms with Crippen molar-refractivity contribution >= 4 is 23.6 Å². The summed E-state index contributed by atoms with van der Waals surface area (Å²) in [6.45, 7) is 3.61. The predicted molar refractivity (Wildman–Crippen MR) is 71.2 cm³/mol. The van der Waals surface area contributed by atoms with Crippen LogP contribution in [0, 0.1) is 0 Å².